The van der Waals surface area contributed by atoms with E-state index in [1.165, 1.54) is 6.92 Å². The second-order valence-electron chi connectivity index (χ2n) is 18.5. The van der Waals surface area contributed by atoms with Crippen LogP contribution in [0.3, 0.4) is 0 Å². The van der Waals surface area contributed by atoms with Crippen LogP contribution < -0.4 is 14.8 Å². The third-order valence-electron chi connectivity index (χ3n) is 14.0. The van der Waals surface area contributed by atoms with E-state index in [9.17, 15) is 9.59 Å². The van der Waals surface area contributed by atoms with Gasteiger partial charge >= 0.3 is 12.1 Å². The van der Waals surface area contributed by atoms with Crippen molar-refractivity contribution in [2.75, 3.05) is 41.5 Å². The standard InChI is InChI=1S/C49H62N2O11/c1-12-45(5)30-37(53)49-46(6)38(59-43(61-49)51(8)9)26-27-44(3,4)40(46)39(41(58-31(2)52)47(49,7)62-45)60-42(54)50-28-29-57-48(32-16-14-13-15-17-32,33-18-22-35(55-10)23-19-33)34-20-24-36(56-11)25-21-34/h12-25,38-41,43H,1,26-30H2,2-11H3,(H,50,54)/t38-,39-,40-,41-,43?,45-,46-,47+,49-/m0/s1. The lowest BCUT2D eigenvalue weighted by Gasteiger charge is -2.74. The molecule has 3 aromatic carbocycles. The van der Waals surface area contributed by atoms with Crippen molar-refractivity contribution in [2.45, 2.75) is 108 Å². The predicted octanol–water partition coefficient (Wildman–Crippen LogP) is 7.19. The van der Waals surface area contributed by atoms with Gasteiger partial charge in [0.05, 0.1) is 32.5 Å². The smallest absolute Gasteiger partial charge is 0.407 e. The van der Waals surface area contributed by atoms with Gasteiger partial charge in [0.15, 0.2) is 17.5 Å². The van der Waals surface area contributed by atoms with E-state index in [-0.39, 0.29) is 25.4 Å². The second-order valence-corrected chi connectivity index (χ2v) is 18.5. The number of carbonyl (C=O) groups is 3. The van der Waals surface area contributed by atoms with E-state index in [0.29, 0.717) is 24.3 Å². The molecular formula is C49H62N2O11. The predicted molar refractivity (Wildman–Crippen MR) is 231 cm³/mol. The maximum absolute atomic E-state index is 15.2. The highest BCUT2D eigenvalue weighted by Crippen LogP contribution is 2.71. The monoisotopic (exact) mass is 854 g/mol. The van der Waals surface area contributed by atoms with Gasteiger partial charge in [-0.25, -0.2) is 4.79 Å². The van der Waals surface area contributed by atoms with E-state index in [2.05, 4.69) is 25.7 Å². The largest absolute Gasteiger partial charge is 0.497 e. The number of hydrogen-bond acceptors (Lipinski definition) is 12. The summed E-state index contributed by atoms with van der Waals surface area (Å²) in [5.41, 5.74) is -4.77. The summed E-state index contributed by atoms with van der Waals surface area (Å²) < 4.78 is 51.4. The van der Waals surface area contributed by atoms with Crippen molar-refractivity contribution in [1.29, 1.82) is 0 Å². The number of amides is 1. The molecule has 1 amide bonds. The first-order chi connectivity index (χ1) is 29.4. The van der Waals surface area contributed by atoms with Gasteiger partial charge in [-0.3, -0.25) is 14.5 Å². The number of benzene rings is 3. The summed E-state index contributed by atoms with van der Waals surface area (Å²) >= 11 is 0. The summed E-state index contributed by atoms with van der Waals surface area (Å²) in [5, 5.41) is 2.93. The fraction of sp³-hybridized carbons (Fsp3) is 0.531. The molecular weight excluding hydrogens is 793 g/mol. The quantitative estimate of drug-likeness (QED) is 0.0806. The molecule has 1 spiro atoms. The first-order valence-electron chi connectivity index (χ1n) is 21.3. The van der Waals surface area contributed by atoms with Gasteiger partial charge in [0.2, 0.25) is 6.41 Å². The van der Waals surface area contributed by atoms with Crippen molar-refractivity contribution < 1.29 is 52.3 Å². The van der Waals surface area contributed by atoms with Gasteiger partial charge in [-0.05, 0) is 87.2 Å². The Bertz CT molecular complexity index is 2080. The SMILES string of the molecule is C=C[C@@]1(C)CC(=O)[C@@]23OC(N(C)C)O[C@H]4CCC(C)(C)[C@H]([C@H](OC(=O)NCCOC(c5ccccc5)(c5ccc(OC)cc5)c5ccc(OC)cc5)[C@H](OC(C)=O)[C@@]2(C)O1)[C@]43C. The van der Waals surface area contributed by atoms with Gasteiger partial charge in [0, 0.05) is 31.2 Å². The van der Waals surface area contributed by atoms with Gasteiger partial charge in [-0.1, -0.05) is 81.4 Å². The van der Waals surface area contributed by atoms with Crippen LogP contribution in [-0.4, -0.2) is 106 Å². The number of hydrogen-bond donors (Lipinski definition) is 1. The number of nitrogens with zero attached hydrogens (tertiary/aromatic N) is 1. The van der Waals surface area contributed by atoms with E-state index in [1.807, 2.05) is 99.9 Å². The molecule has 4 fully saturated rings. The number of rotatable bonds is 13. The molecule has 13 nitrogen and oxygen atoms in total. The molecule has 0 radical (unpaired) electrons. The van der Waals surface area contributed by atoms with Crippen LogP contribution in [0.5, 0.6) is 11.5 Å². The van der Waals surface area contributed by atoms with Gasteiger partial charge in [0.25, 0.3) is 0 Å². The summed E-state index contributed by atoms with van der Waals surface area (Å²) in [7, 11) is 6.87. The van der Waals surface area contributed by atoms with E-state index < -0.39 is 75.9 Å². The number of alkyl carbamates (subject to hydrolysis) is 1. The molecule has 334 valence electrons. The molecule has 7 rings (SSSR count). The van der Waals surface area contributed by atoms with Crippen molar-refractivity contribution in [3.05, 3.63) is 108 Å². The Balaban J connectivity index is 1.24. The van der Waals surface area contributed by atoms with E-state index in [4.69, 9.17) is 37.9 Å². The van der Waals surface area contributed by atoms with Crippen LogP contribution in [0.4, 0.5) is 4.79 Å². The van der Waals surface area contributed by atoms with Gasteiger partial charge < -0.3 is 43.2 Å². The van der Waals surface area contributed by atoms with Crippen molar-refractivity contribution in [2.24, 2.45) is 16.7 Å². The summed E-state index contributed by atoms with van der Waals surface area (Å²) in [5.74, 6) is -0.0642. The van der Waals surface area contributed by atoms with Crippen LogP contribution in [0.15, 0.2) is 91.5 Å². The molecule has 4 aliphatic rings. The molecule has 0 aromatic heterocycles. The number of ether oxygens (including phenoxy) is 8. The molecule has 3 aromatic rings. The van der Waals surface area contributed by atoms with Crippen LogP contribution >= 0.6 is 0 Å². The second kappa shape index (κ2) is 16.7. The van der Waals surface area contributed by atoms with Crippen LogP contribution in [0.25, 0.3) is 0 Å². The summed E-state index contributed by atoms with van der Waals surface area (Å²) in [6.45, 7) is 15.1. The minimum Gasteiger partial charge on any atom is -0.497 e. The van der Waals surface area contributed by atoms with Gasteiger partial charge in [0.1, 0.15) is 28.8 Å². The highest BCUT2D eigenvalue weighted by atomic mass is 16.7. The van der Waals surface area contributed by atoms with E-state index in [0.717, 1.165) is 16.7 Å². The average molecular weight is 855 g/mol. The Kier molecular flexibility index (Phi) is 12.2. The first kappa shape index (κ1) is 45.2. The Hall–Kier alpha value is -4.79. The molecule has 1 N–H and O–H groups in total. The zero-order valence-corrected chi connectivity index (χ0v) is 37.7. The van der Waals surface area contributed by atoms with E-state index >= 15 is 4.79 Å². The maximum atomic E-state index is 15.2. The zero-order chi connectivity index (χ0) is 44.9. The first-order valence-corrected chi connectivity index (χ1v) is 21.3. The zero-order valence-electron chi connectivity index (χ0n) is 37.7. The Morgan fingerprint density at radius 2 is 1.47 bits per heavy atom. The number of Topliss-reactive ketones (excluding diaryl/α,β-unsaturated/α-hetero) is 1. The molecule has 2 heterocycles. The van der Waals surface area contributed by atoms with Crippen molar-refractivity contribution >= 4 is 17.8 Å². The molecule has 0 bridgehead atoms. The number of carbonyl (C=O) groups excluding carboxylic acids is 3. The number of ketones is 1. The Labute approximate surface area is 365 Å². The third-order valence-corrected chi connectivity index (χ3v) is 14.0. The fourth-order valence-corrected chi connectivity index (χ4v) is 11.4. The van der Waals surface area contributed by atoms with Crippen LogP contribution in [0.2, 0.25) is 0 Å². The number of nitrogens with one attached hydrogen (secondary N) is 1. The lowest BCUT2D eigenvalue weighted by atomic mass is 9.39. The molecule has 2 aliphatic heterocycles. The van der Waals surface area contributed by atoms with Crippen molar-refractivity contribution in [3.63, 3.8) is 0 Å². The Morgan fingerprint density at radius 3 is 2.00 bits per heavy atom. The lowest BCUT2D eigenvalue weighted by Crippen LogP contribution is -2.90. The number of esters is 1. The Morgan fingerprint density at radius 1 is 0.887 bits per heavy atom. The van der Waals surface area contributed by atoms with Crippen LogP contribution in [-0.2, 0) is 43.6 Å². The number of methoxy groups -OCH3 is 2. The fourth-order valence-electron chi connectivity index (χ4n) is 11.4. The van der Waals surface area contributed by atoms with Crippen molar-refractivity contribution in [1.82, 2.24) is 10.2 Å². The van der Waals surface area contributed by atoms with Crippen LogP contribution in [0.1, 0.15) is 77.5 Å². The van der Waals surface area contributed by atoms with E-state index in [1.54, 1.807) is 39.0 Å². The average Bonchev–Trinajstić information content (AvgIpc) is 3.24. The maximum Gasteiger partial charge on any atom is 0.407 e. The minimum atomic E-state index is -1.68. The molecule has 2 aliphatic carbocycles. The third kappa shape index (κ3) is 7.19. The topological polar surface area (TPSA) is 140 Å². The molecule has 62 heavy (non-hydrogen) atoms. The van der Waals surface area contributed by atoms with Crippen molar-refractivity contribution in [3.8, 4) is 11.5 Å². The van der Waals surface area contributed by atoms with Crippen LogP contribution in [0, 0.1) is 16.7 Å². The minimum absolute atomic E-state index is 0.0297. The lowest BCUT2D eigenvalue weighted by molar-refractivity contribution is -0.456. The normalized spacial score (nSPS) is 32.4. The molecule has 1 unspecified atom stereocenters. The molecule has 9 atom stereocenters. The molecule has 2 saturated heterocycles. The highest BCUT2D eigenvalue weighted by Gasteiger charge is 2.85. The summed E-state index contributed by atoms with van der Waals surface area (Å²) in [6, 6.07) is 25.3. The highest BCUT2D eigenvalue weighted by molar-refractivity contribution is 5.93. The van der Waals surface area contributed by atoms with Gasteiger partial charge in [-0.15, -0.1) is 6.58 Å². The molecule has 2 saturated carbocycles. The molecule has 13 heteroatoms. The summed E-state index contributed by atoms with van der Waals surface area (Å²) in [4.78, 5) is 44.5. The summed E-state index contributed by atoms with van der Waals surface area (Å²) in [6.07, 6.45) is -1.73. The van der Waals surface area contributed by atoms with Gasteiger partial charge in [-0.2, -0.15) is 0 Å².